The van der Waals surface area contributed by atoms with E-state index >= 15 is 0 Å². The van der Waals surface area contributed by atoms with Crippen LogP contribution in [-0.4, -0.2) is 6.10 Å². The van der Waals surface area contributed by atoms with Crippen LogP contribution in [-0.2, 0) is 17.9 Å². The van der Waals surface area contributed by atoms with Crippen molar-refractivity contribution < 1.29 is 9.15 Å². The first kappa shape index (κ1) is 12.7. The van der Waals surface area contributed by atoms with E-state index in [4.69, 9.17) is 14.9 Å². The zero-order valence-electron chi connectivity index (χ0n) is 10.7. The van der Waals surface area contributed by atoms with Crippen molar-refractivity contribution in [2.24, 2.45) is 11.7 Å². The summed E-state index contributed by atoms with van der Waals surface area (Å²) in [5, 5.41) is 0. The molecule has 1 aliphatic rings. The van der Waals surface area contributed by atoms with Crippen LogP contribution in [0.1, 0.15) is 50.4 Å². The molecule has 0 amide bonds. The molecule has 1 aliphatic carbocycles. The molecule has 1 saturated carbocycles. The van der Waals surface area contributed by atoms with Gasteiger partial charge in [-0.15, -0.1) is 0 Å². The number of rotatable bonds is 5. The minimum Gasteiger partial charge on any atom is -0.467 e. The van der Waals surface area contributed by atoms with Gasteiger partial charge in [-0.05, 0) is 24.8 Å². The maximum atomic E-state index is 5.95. The molecule has 3 nitrogen and oxygen atoms in total. The van der Waals surface area contributed by atoms with E-state index in [0.29, 0.717) is 19.3 Å². The zero-order valence-corrected chi connectivity index (χ0v) is 10.7. The fourth-order valence-corrected chi connectivity index (χ4v) is 2.63. The monoisotopic (exact) mass is 237 g/mol. The normalized spacial score (nSPS) is 25.1. The van der Waals surface area contributed by atoms with Crippen molar-refractivity contribution in [2.75, 3.05) is 0 Å². The molecule has 2 atom stereocenters. The lowest BCUT2D eigenvalue weighted by molar-refractivity contribution is -0.00569. The summed E-state index contributed by atoms with van der Waals surface area (Å²) < 4.78 is 11.3. The molecule has 0 aromatic carbocycles. The number of hydrogen-bond donors (Lipinski definition) is 1. The summed E-state index contributed by atoms with van der Waals surface area (Å²) in [6.07, 6.45) is 8.43. The maximum absolute atomic E-state index is 5.95. The van der Waals surface area contributed by atoms with Crippen molar-refractivity contribution >= 4 is 0 Å². The van der Waals surface area contributed by atoms with Crippen molar-refractivity contribution in [1.82, 2.24) is 0 Å². The second-order valence-electron chi connectivity index (χ2n) is 4.95. The quantitative estimate of drug-likeness (QED) is 0.855. The summed E-state index contributed by atoms with van der Waals surface area (Å²) in [5.41, 5.74) is 6.69. The lowest BCUT2D eigenvalue weighted by Gasteiger charge is -2.28. The van der Waals surface area contributed by atoms with Gasteiger partial charge >= 0.3 is 0 Å². The number of nitrogens with two attached hydrogens (primary N) is 1. The average Bonchev–Trinajstić information content (AvgIpc) is 2.84. The van der Waals surface area contributed by atoms with E-state index in [1.165, 1.54) is 32.1 Å². The highest BCUT2D eigenvalue weighted by molar-refractivity contribution is 5.15. The van der Waals surface area contributed by atoms with Gasteiger partial charge in [0.15, 0.2) is 0 Å². The minimum atomic E-state index is 0.407. The molecule has 1 fully saturated rings. The zero-order chi connectivity index (χ0) is 12.1. The second kappa shape index (κ2) is 6.22. The smallest absolute Gasteiger partial charge is 0.133 e. The van der Waals surface area contributed by atoms with E-state index < -0.39 is 0 Å². The first-order valence-electron chi connectivity index (χ1n) is 6.70. The topological polar surface area (TPSA) is 48.4 Å². The maximum Gasteiger partial charge on any atom is 0.133 e. The van der Waals surface area contributed by atoms with Gasteiger partial charge < -0.3 is 14.9 Å². The predicted octanol–water partition coefficient (Wildman–Crippen LogP) is 3.22. The summed E-state index contributed by atoms with van der Waals surface area (Å²) in [6, 6.07) is 1.93. The summed E-state index contributed by atoms with van der Waals surface area (Å²) in [6.45, 7) is 3.37. The summed E-state index contributed by atoms with van der Waals surface area (Å²) in [7, 11) is 0. The van der Waals surface area contributed by atoms with Gasteiger partial charge in [-0.3, -0.25) is 0 Å². The third-order valence-corrected chi connectivity index (χ3v) is 3.82. The fraction of sp³-hybridized carbons (Fsp3) is 0.714. The molecule has 1 aromatic rings. The Morgan fingerprint density at radius 2 is 2.35 bits per heavy atom. The molecule has 2 unspecified atom stereocenters. The van der Waals surface area contributed by atoms with Gasteiger partial charge in [0, 0.05) is 12.1 Å². The van der Waals surface area contributed by atoms with E-state index in [-0.39, 0.29) is 0 Å². The third kappa shape index (κ3) is 3.33. The van der Waals surface area contributed by atoms with Crippen molar-refractivity contribution in [2.45, 2.75) is 58.3 Å². The van der Waals surface area contributed by atoms with Crippen LogP contribution in [0, 0.1) is 5.92 Å². The fourth-order valence-electron chi connectivity index (χ4n) is 2.63. The van der Waals surface area contributed by atoms with Crippen LogP contribution < -0.4 is 5.73 Å². The Kier molecular flexibility index (Phi) is 4.63. The van der Waals surface area contributed by atoms with Gasteiger partial charge in [0.1, 0.15) is 12.4 Å². The Hall–Kier alpha value is -0.800. The molecule has 2 rings (SSSR count). The highest BCUT2D eigenvalue weighted by atomic mass is 16.5. The third-order valence-electron chi connectivity index (χ3n) is 3.82. The molecule has 3 heteroatoms. The lowest BCUT2D eigenvalue weighted by Crippen LogP contribution is -2.22. The first-order chi connectivity index (χ1) is 8.33. The van der Waals surface area contributed by atoms with Gasteiger partial charge in [0.25, 0.3) is 0 Å². The number of hydrogen-bond acceptors (Lipinski definition) is 3. The van der Waals surface area contributed by atoms with Crippen LogP contribution in [0.25, 0.3) is 0 Å². The standard InChI is InChI=1S/C14H23NO2/c1-2-11-4-3-5-13(8-11)17-10-14-12(9-15)6-7-16-14/h6-7,11,13H,2-5,8-10,15H2,1H3. The van der Waals surface area contributed by atoms with Crippen LogP contribution in [0.2, 0.25) is 0 Å². The van der Waals surface area contributed by atoms with Crippen LogP contribution >= 0.6 is 0 Å². The largest absolute Gasteiger partial charge is 0.467 e. The Morgan fingerprint density at radius 1 is 1.47 bits per heavy atom. The van der Waals surface area contributed by atoms with Crippen LogP contribution in [0.15, 0.2) is 16.7 Å². The number of furan rings is 1. The highest BCUT2D eigenvalue weighted by Gasteiger charge is 2.21. The average molecular weight is 237 g/mol. The second-order valence-corrected chi connectivity index (χ2v) is 4.95. The molecule has 96 valence electrons. The van der Waals surface area contributed by atoms with Gasteiger partial charge in [-0.25, -0.2) is 0 Å². The van der Waals surface area contributed by atoms with Gasteiger partial charge in [0.05, 0.1) is 12.4 Å². The molecule has 17 heavy (non-hydrogen) atoms. The Labute approximate surface area is 103 Å². The van der Waals surface area contributed by atoms with Gasteiger partial charge in [-0.2, -0.15) is 0 Å². The van der Waals surface area contributed by atoms with Crippen LogP contribution in [0.4, 0.5) is 0 Å². The van der Waals surface area contributed by atoms with Gasteiger partial charge in [0.2, 0.25) is 0 Å². The van der Waals surface area contributed by atoms with Crippen LogP contribution in [0.5, 0.6) is 0 Å². The van der Waals surface area contributed by atoms with Crippen molar-refractivity contribution in [3.8, 4) is 0 Å². The lowest BCUT2D eigenvalue weighted by atomic mass is 9.85. The summed E-state index contributed by atoms with van der Waals surface area (Å²) in [5.74, 6) is 1.74. The molecule has 0 radical (unpaired) electrons. The van der Waals surface area contributed by atoms with Crippen molar-refractivity contribution in [3.05, 3.63) is 23.7 Å². The molecule has 0 spiro atoms. The Morgan fingerprint density at radius 3 is 3.12 bits per heavy atom. The van der Waals surface area contributed by atoms with E-state index in [9.17, 15) is 0 Å². The minimum absolute atomic E-state index is 0.407. The van der Waals surface area contributed by atoms with Crippen LogP contribution in [0.3, 0.4) is 0 Å². The van der Waals surface area contributed by atoms with E-state index in [0.717, 1.165) is 17.2 Å². The summed E-state index contributed by atoms with van der Waals surface area (Å²) >= 11 is 0. The summed E-state index contributed by atoms with van der Waals surface area (Å²) in [4.78, 5) is 0. The SMILES string of the molecule is CCC1CCCC(OCc2occc2CN)C1. The molecular weight excluding hydrogens is 214 g/mol. The molecule has 1 heterocycles. The molecule has 0 saturated heterocycles. The first-order valence-corrected chi connectivity index (χ1v) is 6.70. The molecule has 1 aromatic heterocycles. The molecule has 0 aliphatic heterocycles. The van der Waals surface area contributed by atoms with Crippen molar-refractivity contribution in [1.29, 1.82) is 0 Å². The van der Waals surface area contributed by atoms with E-state index in [1.54, 1.807) is 6.26 Å². The molecule has 0 bridgehead atoms. The van der Waals surface area contributed by atoms with E-state index in [2.05, 4.69) is 6.92 Å². The Bertz CT molecular complexity index is 335. The van der Waals surface area contributed by atoms with E-state index in [1.807, 2.05) is 6.07 Å². The molecule has 2 N–H and O–H groups in total. The molecular formula is C14H23NO2. The Balaban J connectivity index is 1.81. The van der Waals surface area contributed by atoms with Gasteiger partial charge in [-0.1, -0.05) is 26.2 Å². The van der Waals surface area contributed by atoms with Crippen molar-refractivity contribution in [3.63, 3.8) is 0 Å². The number of ether oxygens (including phenoxy) is 1. The predicted molar refractivity (Wildman–Crippen MR) is 67.4 cm³/mol. The highest BCUT2D eigenvalue weighted by Crippen LogP contribution is 2.29.